The number of thioether (sulfide) groups is 1. The number of carbonyl (C=O) groups is 2. The lowest BCUT2D eigenvalue weighted by Gasteiger charge is -2.04. The van der Waals surface area contributed by atoms with Gasteiger partial charge in [0.2, 0.25) is 11.8 Å². The largest absolute Gasteiger partial charge is 0.360 e. The molecule has 1 fully saturated rings. The van der Waals surface area contributed by atoms with Gasteiger partial charge in [-0.2, -0.15) is 0 Å². The molecule has 3 rings (SSSR count). The Balaban J connectivity index is 1.46. The third kappa shape index (κ3) is 4.52. The van der Waals surface area contributed by atoms with E-state index in [-0.39, 0.29) is 23.5 Å². The fourth-order valence-corrected chi connectivity index (χ4v) is 2.40. The summed E-state index contributed by atoms with van der Waals surface area (Å²) < 4.78 is 4.87. The van der Waals surface area contributed by atoms with Gasteiger partial charge in [-0.25, -0.2) is 0 Å². The maximum absolute atomic E-state index is 11.8. The number of rotatable bonds is 6. The Morgan fingerprint density at radius 2 is 2.09 bits per heavy atom. The van der Waals surface area contributed by atoms with Crippen molar-refractivity contribution < 1.29 is 14.1 Å². The van der Waals surface area contributed by atoms with Crippen LogP contribution in [0.5, 0.6) is 0 Å². The number of aryl methyl sites for hydroxylation is 1. The Labute approximate surface area is 136 Å². The minimum absolute atomic E-state index is 0.0120. The molecule has 0 atom stereocenters. The molecule has 1 aliphatic rings. The van der Waals surface area contributed by atoms with Crippen LogP contribution in [-0.2, 0) is 9.59 Å². The number of nitrogens with one attached hydrogen (secondary N) is 2. The second kappa shape index (κ2) is 6.78. The average Bonchev–Trinajstić information content (AvgIpc) is 3.31. The van der Waals surface area contributed by atoms with Gasteiger partial charge in [0, 0.05) is 12.0 Å². The van der Waals surface area contributed by atoms with Crippen molar-refractivity contribution in [2.75, 3.05) is 16.4 Å². The molecule has 0 bridgehead atoms. The number of aromatic nitrogens is 3. The zero-order chi connectivity index (χ0) is 16.2. The molecule has 2 aromatic rings. The summed E-state index contributed by atoms with van der Waals surface area (Å²) in [6.07, 6.45) is 1.88. The summed E-state index contributed by atoms with van der Waals surface area (Å²) >= 11 is 1.24. The highest BCUT2D eigenvalue weighted by Crippen LogP contribution is 2.29. The topological polar surface area (TPSA) is 110 Å². The summed E-state index contributed by atoms with van der Waals surface area (Å²) in [4.78, 5) is 23.4. The predicted octanol–water partition coefficient (Wildman–Crippen LogP) is 1.85. The summed E-state index contributed by atoms with van der Waals surface area (Å²) in [6.45, 7) is 1.75. The molecule has 23 heavy (non-hydrogen) atoms. The molecule has 1 saturated carbocycles. The van der Waals surface area contributed by atoms with Crippen LogP contribution in [0.25, 0.3) is 0 Å². The first-order valence-corrected chi connectivity index (χ1v) is 8.09. The van der Waals surface area contributed by atoms with Crippen LogP contribution in [0.4, 0.5) is 11.6 Å². The van der Waals surface area contributed by atoms with Crippen LogP contribution in [0.2, 0.25) is 0 Å². The summed E-state index contributed by atoms with van der Waals surface area (Å²) in [7, 11) is 0. The van der Waals surface area contributed by atoms with E-state index < -0.39 is 0 Å². The molecule has 120 valence electrons. The monoisotopic (exact) mass is 333 g/mol. The van der Waals surface area contributed by atoms with E-state index in [1.807, 2.05) is 0 Å². The molecular weight excluding hydrogens is 318 g/mol. The molecule has 2 heterocycles. The lowest BCUT2D eigenvalue weighted by molar-refractivity contribution is -0.117. The highest BCUT2D eigenvalue weighted by molar-refractivity contribution is 7.99. The molecule has 2 N–H and O–H groups in total. The van der Waals surface area contributed by atoms with Crippen LogP contribution in [0.15, 0.2) is 27.7 Å². The Morgan fingerprint density at radius 3 is 2.70 bits per heavy atom. The number of nitrogens with zero attached hydrogens (tertiary/aromatic N) is 3. The normalized spacial score (nSPS) is 13.6. The first-order valence-electron chi connectivity index (χ1n) is 7.11. The first-order chi connectivity index (χ1) is 11.1. The Morgan fingerprint density at radius 1 is 1.26 bits per heavy atom. The minimum Gasteiger partial charge on any atom is -0.360 e. The van der Waals surface area contributed by atoms with E-state index in [1.165, 1.54) is 11.8 Å². The number of hydrogen-bond acceptors (Lipinski definition) is 7. The van der Waals surface area contributed by atoms with Crippen LogP contribution < -0.4 is 10.6 Å². The zero-order valence-corrected chi connectivity index (χ0v) is 13.2. The van der Waals surface area contributed by atoms with Crippen molar-refractivity contribution in [3.63, 3.8) is 0 Å². The van der Waals surface area contributed by atoms with Gasteiger partial charge in [-0.15, -0.1) is 10.2 Å². The van der Waals surface area contributed by atoms with Crippen molar-refractivity contribution in [3.8, 4) is 0 Å². The van der Waals surface area contributed by atoms with Gasteiger partial charge < -0.3 is 15.2 Å². The zero-order valence-electron chi connectivity index (χ0n) is 12.4. The third-order valence-electron chi connectivity index (χ3n) is 3.09. The SMILES string of the molecule is Cc1cc(NC(=O)CSc2ccc(NC(=O)C3CC3)nn2)no1. The number of carbonyl (C=O) groups excluding carboxylic acids is 2. The molecule has 0 aliphatic heterocycles. The van der Waals surface area contributed by atoms with Crippen LogP contribution in [0.1, 0.15) is 18.6 Å². The molecule has 1 aliphatic carbocycles. The van der Waals surface area contributed by atoms with E-state index in [1.54, 1.807) is 25.1 Å². The smallest absolute Gasteiger partial charge is 0.236 e. The summed E-state index contributed by atoms with van der Waals surface area (Å²) in [5, 5.41) is 17.5. The van der Waals surface area contributed by atoms with Crippen molar-refractivity contribution in [2.45, 2.75) is 24.8 Å². The van der Waals surface area contributed by atoms with E-state index in [4.69, 9.17) is 4.52 Å². The summed E-state index contributed by atoms with van der Waals surface area (Å²) in [5.74, 6) is 1.51. The fourth-order valence-electron chi connectivity index (χ4n) is 1.78. The van der Waals surface area contributed by atoms with Gasteiger partial charge >= 0.3 is 0 Å². The van der Waals surface area contributed by atoms with Gasteiger partial charge in [0.15, 0.2) is 11.6 Å². The van der Waals surface area contributed by atoms with Crippen LogP contribution in [0, 0.1) is 12.8 Å². The standard InChI is InChI=1S/C14H15N5O3S/c1-8-6-11(19-22-8)15-12(20)7-23-13-5-4-10(17-18-13)16-14(21)9-2-3-9/h4-6,9H,2-3,7H2,1H3,(H,15,19,20)(H,16,17,21). The molecule has 0 aromatic carbocycles. The van der Waals surface area contributed by atoms with Gasteiger partial charge in [0.25, 0.3) is 0 Å². The third-order valence-corrected chi connectivity index (χ3v) is 4.01. The molecule has 9 heteroatoms. The molecule has 0 saturated heterocycles. The lowest BCUT2D eigenvalue weighted by Crippen LogP contribution is -2.15. The molecular formula is C14H15N5O3S. The molecule has 2 amide bonds. The van der Waals surface area contributed by atoms with Crippen molar-refractivity contribution >= 4 is 35.2 Å². The Bertz CT molecular complexity index is 711. The van der Waals surface area contributed by atoms with Crippen LogP contribution in [0.3, 0.4) is 0 Å². The van der Waals surface area contributed by atoms with E-state index in [9.17, 15) is 9.59 Å². The van der Waals surface area contributed by atoms with Gasteiger partial charge in [0.05, 0.1) is 5.75 Å². The Hall–Kier alpha value is -2.42. The fraction of sp³-hybridized carbons (Fsp3) is 0.357. The lowest BCUT2D eigenvalue weighted by atomic mass is 10.4. The highest BCUT2D eigenvalue weighted by Gasteiger charge is 2.29. The summed E-state index contributed by atoms with van der Waals surface area (Å²) in [5.41, 5.74) is 0. The van der Waals surface area contributed by atoms with Crippen molar-refractivity contribution in [2.24, 2.45) is 5.92 Å². The number of anilines is 2. The van der Waals surface area contributed by atoms with Crippen LogP contribution >= 0.6 is 11.8 Å². The predicted molar refractivity (Wildman–Crippen MR) is 84.0 cm³/mol. The van der Waals surface area contributed by atoms with E-state index in [0.717, 1.165) is 12.8 Å². The van der Waals surface area contributed by atoms with E-state index in [2.05, 4.69) is 26.0 Å². The van der Waals surface area contributed by atoms with Crippen molar-refractivity contribution in [1.82, 2.24) is 15.4 Å². The summed E-state index contributed by atoms with van der Waals surface area (Å²) in [6, 6.07) is 5.03. The quantitative estimate of drug-likeness (QED) is 0.776. The average molecular weight is 333 g/mol. The molecule has 0 spiro atoms. The molecule has 2 aromatic heterocycles. The van der Waals surface area contributed by atoms with Gasteiger partial charge in [-0.1, -0.05) is 16.9 Å². The van der Waals surface area contributed by atoms with E-state index in [0.29, 0.717) is 22.4 Å². The molecule has 0 radical (unpaired) electrons. The maximum atomic E-state index is 11.8. The van der Waals surface area contributed by atoms with Gasteiger partial charge in [-0.05, 0) is 31.9 Å². The minimum atomic E-state index is -0.212. The van der Waals surface area contributed by atoms with Gasteiger partial charge in [0.1, 0.15) is 10.8 Å². The second-order valence-electron chi connectivity index (χ2n) is 5.18. The first kappa shape index (κ1) is 15.5. The molecule has 0 unspecified atom stereocenters. The second-order valence-corrected chi connectivity index (χ2v) is 6.18. The van der Waals surface area contributed by atoms with Crippen molar-refractivity contribution in [1.29, 1.82) is 0 Å². The molecule has 8 nitrogen and oxygen atoms in total. The van der Waals surface area contributed by atoms with Gasteiger partial charge in [-0.3, -0.25) is 9.59 Å². The maximum Gasteiger partial charge on any atom is 0.236 e. The van der Waals surface area contributed by atoms with Crippen molar-refractivity contribution in [3.05, 3.63) is 24.0 Å². The highest BCUT2D eigenvalue weighted by atomic mass is 32.2. The Kier molecular flexibility index (Phi) is 4.56. The van der Waals surface area contributed by atoms with E-state index >= 15 is 0 Å². The number of hydrogen-bond donors (Lipinski definition) is 2. The number of amides is 2. The van der Waals surface area contributed by atoms with Crippen LogP contribution in [-0.4, -0.2) is 32.9 Å².